The van der Waals surface area contributed by atoms with Gasteiger partial charge in [-0.2, -0.15) is 0 Å². The highest BCUT2D eigenvalue weighted by Gasteiger charge is 1.95. The summed E-state index contributed by atoms with van der Waals surface area (Å²) in [6, 6.07) is 0. The summed E-state index contributed by atoms with van der Waals surface area (Å²) in [5.41, 5.74) is 18.8. The van der Waals surface area contributed by atoms with Crippen molar-refractivity contribution in [2.75, 3.05) is 0 Å². The largest absolute Gasteiger partial charge is 0.366 e. The standard InChI is InChI=1S/C3H10N2.2C3H5NO/c1-3(2,4)5;2*1-2-3(4)5/h4-5H2,1-2H3;2*2H,1H2,(H2,4,5). The van der Waals surface area contributed by atoms with Crippen LogP contribution in [0.2, 0.25) is 0 Å². The molecule has 6 heteroatoms. The minimum absolute atomic E-state index is 0.481. The van der Waals surface area contributed by atoms with Crippen molar-refractivity contribution in [3.63, 3.8) is 0 Å². The molecule has 8 N–H and O–H groups in total. The summed E-state index contributed by atoms with van der Waals surface area (Å²) in [6.45, 7) is 9.66. The Morgan fingerprint density at radius 1 is 1.00 bits per heavy atom. The van der Waals surface area contributed by atoms with Crippen molar-refractivity contribution in [3.05, 3.63) is 25.3 Å². The maximum absolute atomic E-state index is 9.47. The zero-order chi connectivity index (χ0) is 13.1. The lowest BCUT2D eigenvalue weighted by Gasteiger charge is -2.07. The van der Waals surface area contributed by atoms with Crippen LogP contribution >= 0.6 is 0 Å². The van der Waals surface area contributed by atoms with Crippen LogP contribution in [0.1, 0.15) is 13.8 Å². The van der Waals surface area contributed by atoms with Crippen molar-refractivity contribution in [1.29, 1.82) is 0 Å². The number of primary amides is 2. The third-order valence-corrected chi connectivity index (χ3v) is 0.402. The predicted molar refractivity (Wildman–Crippen MR) is 61.2 cm³/mol. The van der Waals surface area contributed by atoms with Crippen molar-refractivity contribution in [2.24, 2.45) is 22.9 Å². The molecule has 0 unspecified atom stereocenters. The predicted octanol–water partition coefficient (Wildman–Crippen LogP) is -1.04. The van der Waals surface area contributed by atoms with Crippen LogP contribution in [0.15, 0.2) is 25.3 Å². The smallest absolute Gasteiger partial charge is 0.240 e. The van der Waals surface area contributed by atoms with Crippen molar-refractivity contribution < 1.29 is 9.59 Å². The van der Waals surface area contributed by atoms with E-state index < -0.39 is 17.5 Å². The van der Waals surface area contributed by atoms with Gasteiger partial charge in [0.05, 0.1) is 5.66 Å². The first-order chi connectivity index (χ1) is 6.54. The molecule has 0 bridgehead atoms. The Kier molecular flexibility index (Phi) is 13.2. The number of hydrogen-bond acceptors (Lipinski definition) is 4. The number of hydrogen-bond donors (Lipinski definition) is 4. The summed E-state index contributed by atoms with van der Waals surface area (Å²) in [7, 11) is 0. The van der Waals surface area contributed by atoms with Gasteiger partial charge in [-0.3, -0.25) is 9.59 Å². The van der Waals surface area contributed by atoms with Gasteiger partial charge in [-0.15, -0.1) is 0 Å². The summed E-state index contributed by atoms with van der Waals surface area (Å²) in [5.74, 6) is -0.963. The lowest BCUT2D eigenvalue weighted by atomic mass is 10.3. The second kappa shape index (κ2) is 10.4. The Balaban J connectivity index is -0.000000144. The Morgan fingerprint density at radius 2 is 1.07 bits per heavy atom. The number of nitrogens with two attached hydrogens (primary N) is 4. The number of carbonyl (C=O) groups is 2. The zero-order valence-corrected chi connectivity index (χ0v) is 9.19. The van der Waals surface area contributed by atoms with E-state index >= 15 is 0 Å². The molecule has 0 aromatic rings. The molecule has 0 heterocycles. The van der Waals surface area contributed by atoms with Crippen LogP contribution in [0.25, 0.3) is 0 Å². The molecule has 0 aromatic heterocycles. The topological polar surface area (TPSA) is 138 Å². The average Bonchev–Trinajstić information content (AvgIpc) is 2.02. The fourth-order valence-corrected chi connectivity index (χ4v) is 0. The van der Waals surface area contributed by atoms with Gasteiger partial charge in [0, 0.05) is 0 Å². The normalized spacial score (nSPS) is 8.27. The van der Waals surface area contributed by atoms with E-state index in [4.69, 9.17) is 11.5 Å². The van der Waals surface area contributed by atoms with Crippen LogP contribution in [0.4, 0.5) is 0 Å². The summed E-state index contributed by atoms with van der Waals surface area (Å²) in [4.78, 5) is 18.9. The van der Waals surface area contributed by atoms with Gasteiger partial charge < -0.3 is 22.9 Å². The molecule has 0 saturated heterocycles. The Bertz CT molecular complexity index is 195. The van der Waals surface area contributed by atoms with Gasteiger partial charge in [-0.05, 0) is 26.0 Å². The van der Waals surface area contributed by atoms with E-state index in [1.807, 2.05) is 0 Å². The van der Waals surface area contributed by atoms with Gasteiger partial charge in [-0.25, -0.2) is 0 Å². The van der Waals surface area contributed by atoms with Crippen LogP contribution in [0, 0.1) is 0 Å². The number of rotatable bonds is 2. The van der Waals surface area contributed by atoms with Gasteiger partial charge in [0.15, 0.2) is 0 Å². The number of amides is 2. The monoisotopic (exact) mass is 216 g/mol. The van der Waals surface area contributed by atoms with Gasteiger partial charge in [0.25, 0.3) is 0 Å². The summed E-state index contributed by atoms with van der Waals surface area (Å²) in [6.07, 6.45) is 2.11. The Morgan fingerprint density at radius 3 is 1.07 bits per heavy atom. The molecule has 0 aliphatic heterocycles. The zero-order valence-electron chi connectivity index (χ0n) is 9.19. The van der Waals surface area contributed by atoms with E-state index in [0.717, 1.165) is 12.2 Å². The lowest BCUT2D eigenvalue weighted by molar-refractivity contribution is -0.114. The van der Waals surface area contributed by atoms with E-state index in [9.17, 15) is 9.59 Å². The molecular weight excluding hydrogens is 196 g/mol. The van der Waals surface area contributed by atoms with Crippen LogP contribution in [0.3, 0.4) is 0 Å². The molecule has 2 amide bonds. The molecule has 0 atom stereocenters. The molecule has 0 radical (unpaired) electrons. The first-order valence-electron chi connectivity index (χ1n) is 3.96. The molecule has 0 aromatic carbocycles. The van der Waals surface area contributed by atoms with Crippen molar-refractivity contribution in [2.45, 2.75) is 19.5 Å². The van der Waals surface area contributed by atoms with E-state index in [-0.39, 0.29) is 0 Å². The second-order valence-electron chi connectivity index (χ2n) is 3.03. The van der Waals surface area contributed by atoms with Crippen LogP contribution in [-0.2, 0) is 9.59 Å². The molecule has 0 spiro atoms. The third kappa shape index (κ3) is 241. The molecule has 0 aliphatic carbocycles. The lowest BCUT2D eigenvalue weighted by Crippen LogP contribution is -2.42. The van der Waals surface area contributed by atoms with Crippen molar-refractivity contribution in [3.8, 4) is 0 Å². The van der Waals surface area contributed by atoms with Crippen LogP contribution in [-0.4, -0.2) is 17.5 Å². The highest BCUT2D eigenvalue weighted by molar-refractivity contribution is 5.85. The highest BCUT2D eigenvalue weighted by atomic mass is 16.1. The third-order valence-electron chi connectivity index (χ3n) is 0.402. The molecule has 0 saturated carbocycles. The van der Waals surface area contributed by atoms with E-state index in [1.54, 1.807) is 13.8 Å². The second-order valence-corrected chi connectivity index (χ2v) is 3.03. The summed E-state index contributed by atoms with van der Waals surface area (Å²) in [5, 5.41) is 0. The molecular formula is C9H20N4O2. The van der Waals surface area contributed by atoms with Gasteiger partial charge >= 0.3 is 0 Å². The Labute approximate surface area is 90.0 Å². The van der Waals surface area contributed by atoms with Crippen molar-refractivity contribution in [1.82, 2.24) is 0 Å². The quantitative estimate of drug-likeness (QED) is 0.345. The van der Waals surface area contributed by atoms with E-state index in [0.29, 0.717) is 0 Å². The first-order valence-corrected chi connectivity index (χ1v) is 3.96. The SMILES string of the molecule is C=CC(N)=O.C=CC(N)=O.CC(C)(N)N. The molecule has 0 fully saturated rings. The Hall–Kier alpha value is -1.66. The summed E-state index contributed by atoms with van der Waals surface area (Å²) >= 11 is 0. The van der Waals surface area contributed by atoms with E-state index in [2.05, 4.69) is 24.6 Å². The fraction of sp³-hybridized carbons (Fsp3) is 0.333. The van der Waals surface area contributed by atoms with Gasteiger partial charge in [0.1, 0.15) is 0 Å². The highest BCUT2D eigenvalue weighted by Crippen LogP contribution is 1.76. The fourth-order valence-electron chi connectivity index (χ4n) is 0. The van der Waals surface area contributed by atoms with Gasteiger partial charge in [0.2, 0.25) is 11.8 Å². The number of carbonyl (C=O) groups excluding carboxylic acids is 2. The summed E-state index contributed by atoms with van der Waals surface area (Å²) < 4.78 is 0. The maximum atomic E-state index is 9.47. The molecule has 0 aliphatic rings. The van der Waals surface area contributed by atoms with Gasteiger partial charge in [-0.1, -0.05) is 13.2 Å². The van der Waals surface area contributed by atoms with E-state index in [1.165, 1.54) is 0 Å². The average molecular weight is 216 g/mol. The molecule has 0 rings (SSSR count). The molecule has 15 heavy (non-hydrogen) atoms. The molecule has 6 nitrogen and oxygen atoms in total. The maximum Gasteiger partial charge on any atom is 0.240 e. The van der Waals surface area contributed by atoms with Crippen LogP contribution in [0.5, 0.6) is 0 Å². The van der Waals surface area contributed by atoms with Crippen LogP contribution < -0.4 is 22.9 Å². The minimum Gasteiger partial charge on any atom is -0.366 e. The first kappa shape index (κ1) is 19.0. The molecule has 88 valence electrons. The van der Waals surface area contributed by atoms with Crippen molar-refractivity contribution >= 4 is 11.8 Å². The minimum atomic E-state index is -0.500.